The van der Waals surface area contributed by atoms with Gasteiger partial charge < -0.3 is 33.8 Å². The lowest BCUT2D eigenvalue weighted by Crippen LogP contribution is -2.30. The van der Waals surface area contributed by atoms with E-state index in [1.807, 2.05) is 0 Å². The van der Waals surface area contributed by atoms with Gasteiger partial charge in [0, 0.05) is 25.7 Å². The Morgan fingerprint density at radius 2 is 0.641 bits per heavy atom. The zero-order valence-electron chi connectivity index (χ0n) is 58.8. The van der Waals surface area contributed by atoms with Crippen molar-refractivity contribution >= 4 is 39.5 Å². The van der Waals surface area contributed by atoms with E-state index >= 15 is 0 Å². The molecule has 0 aromatic heterocycles. The number of allylic oxidation sites excluding steroid dienone is 8. The molecule has 0 bridgehead atoms. The summed E-state index contributed by atoms with van der Waals surface area (Å²) < 4.78 is 68.3. The SMILES string of the molecule is CCCCCC/C=C\C=C/CCCCCCCC(=O)OC[C@H](COP(=O)(O)OC[C@@H](O)COP(=O)(O)OC[C@@H](COC(=O)CCCCCCCCC(C)CC)OC(=O)CCCCCCCCCCCC(C)C)OC(=O)CCCCCCC/C=C\C=C/CCCCCC. The Hall–Kier alpha value is -2.98. The van der Waals surface area contributed by atoms with E-state index in [9.17, 15) is 43.2 Å². The molecule has 3 unspecified atom stereocenters. The monoisotopic (exact) mass is 1340 g/mol. The number of esters is 4. The molecule has 0 aliphatic carbocycles. The first-order valence-electron chi connectivity index (χ1n) is 36.7. The Labute approximate surface area is 559 Å². The number of hydrogen-bond donors (Lipinski definition) is 3. The highest BCUT2D eigenvalue weighted by Crippen LogP contribution is 2.45. The van der Waals surface area contributed by atoms with Gasteiger partial charge in [-0.05, 0) is 88.9 Å². The standard InChI is InChI=1S/C73H134O17P2/c1-7-10-12-14-16-18-20-22-24-26-28-32-36-43-49-55-70(75)83-61-68(89-72(77)57-51-45-37-33-29-27-25-23-21-19-17-15-13-11-8-2)63-87-91(79,80)85-59-67(74)60-86-92(81,82)88-64-69(62-84-71(76)56-50-44-40-39-42-48-54-66(6)9-3)90-73(78)58-52-46-38-34-30-31-35-41-47-53-65(4)5/h18-25,65-69,74H,7-17,26-64H2,1-6H3,(H,79,80)(H,81,82)/b20-18-,21-19-,24-22-,25-23-/t66?,67-,68-,69-/m1/s1. The Bertz CT molecular complexity index is 1980. The maximum atomic E-state index is 13.0. The normalized spacial score (nSPS) is 14.7. The Kier molecular flexibility index (Phi) is 62.0. The highest BCUT2D eigenvalue weighted by Gasteiger charge is 2.30. The Balaban J connectivity index is 5.33. The lowest BCUT2D eigenvalue weighted by atomic mass is 10.00. The van der Waals surface area contributed by atoms with Gasteiger partial charge in [0.05, 0.1) is 26.4 Å². The number of carbonyl (C=O) groups is 4. The number of aliphatic hydroxyl groups is 1. The van der Waals surface area contributed by atoms with Gasteiger partial charge in [-0.15, -0.1) is 0 Å². The number of ether oxygens (including phenoxy) is 4. The molecule has 17 nitrogen and oxygen atoms in total. The van der Waals surface area contributed by atoms with Crippen molar-refractivity contribution in [2.45, 2.75) is 342 Å². The van der Waals surface area contributed by atoms with Gasteiger partial charge in [0.1, 0.15) is 19.3 Å². The van der Waals surface area contributed by atoms with Gasteiger partial charge in [0.25, 0.3) is 0 Å². The number of aliphatic hydroxyl groups excluding tert-OH is 1. The first kappa shape index (κ1) is 89.0. The average molecular weight is 1350 g/mol. The second-order valence-electron chi connectivity index (χ2n) is 25.7. The van der Waals surface area contributed by atoms with Crippen LogP contribution in [0.4, 0.5) is 0 Å². The lowest BCUT2D eigenvalue weighted by molar-refractivity contribution is -0.161. The van der Waals surface area contributed by atoms with Crippen LogP contribution in [0.2, 0.25) is 0 Å². The number of carbonyl (C=O) groups excluding carboxylic acids is 4. The van der Waals surface area contributed by atoms with E-state index in [2.05, 4.69) is 90.2 Å². The third-order valence-corrected chi connectivity index (χ3v) is 18.0. The quantitative estimate of drug-likeness (QED) is 0.0169. The molecule has 0 spiro atoms. The summed E-state index contributed by atoms with van der Waals surface area (Å²) in [6.07, 6.45) is 55.8. The van der Waals surface area contributed by atoms with E-state index < -0.39 is 97.5 Å². The van der Waals surface area contributed by atoms with Crippen molar-refractivity contribution in [3.05, 3.63) is 48.6 Å². The van der Waals surface area contributed by atoms with Crippen LogP contribution in [0.5, 0.6) is 0 Å². The fraction of sp³-hybridized carbons (Fsp3) is 0.836. The van der Waals surface area contributed by atoms with Crippen LogP contribution >= 0.6 is 15.6 Å². The molecule has 19 heteroatoms. The van der Waals surface area contributed by atoms with Crippen molar-refractivity contribution in [3.63, 3.8) is 0 Å². The number of phosphoric ester groups is 2. The zero-order chi connectivity index (χ0) is 67.9. The molecule has 3 N–H and O–H groups in total. The van der Waals surface area contributed by atoms with Crippen LogP contribution in [0, 0.1) is 11.8 Å². The van der Waals surface area contributed by atoms with E-state index in [1.54, 1.807) is 0 Å². The molecule has 0 aliphatic heterocycles. The molecular weight excluding hydrogens is 1210 g/mol. The summed E-state index contributed by atoms with van der Waals surface area (Å²) >= 11 is 0. The number of unbranched alkanes of at least 4 members (excludes halogenated alkanes) is 31. The van der Waals surface area contributed by atoms with Gasteiger partial charge in [-0.3, -0.25) is 37.3 Å². The molecule has 0 rings (SSSR count). The van der Waals surface area contributed by atoms with Crippen molar-refractivity contribution in [2.24, 2.45) is 11.8 Å². The maximum absolute atomic E-state index is 13.0. The Morgan fingerprint density at radius 3 is 0.967 bits per heavy atom. The Morgan fingerprint density at radius 1 is 0.359 bits per heavy atom. The van der Waals surface area contributed by atoms with Gasteiger partial charge in [-0.1, -0.05) is 270 Å². The minimum atomic E-state index is -4.97. The summed E-state index contributed by atoms with van der Waals surface area (Å²) in [7, 11) is -9.93. The molecule has 0 aliphatic rings. The molecule has 538 valence electrons. The van der Waals surface area contributed by atoms with Crippen molar-refractivity contribution in [2.75, 3.05) is 39.6 Å². The molecule has 92 heavy (non-hydrogen) atoms. The number of rotatable bonds is 68. The minimum Gasteiger partial charge on any atom is -0.462 e. The highest BCUT2D eigenvalue weighted by molar-refractivity contribution is 7.47. The van der Waals surface area contributed by atoms with Gasteiger partial charge >= 0.3 is 39.5 Å². The van der Waals surface area contributed by atoms with Crippen molar-refractivity contribution in [1.82, 2.24) is 0 Å². The van der Waals surface area contributed by atoms with Crippen molar-refractivity contribution in [3.8, 4) is 0 Å². The second-order valence-corrected chi connectivity index (χ2v) is 28.6. The summed E-state index contributed by atoms with van der Waals surface area (Å²) in [5, 5.41) is 10.6. The highest BCUT2D eigenvalue weighted by atomic mass is 31.2. The summed E-state index contributed by atoms with van der Waals surface area (Å²) in [6.45, 7) is 9.36. The number of phosphoric acid groups is 2. The fourth-order valence-corrected chi connectivity index (χ4v) is 11.6. The van der Waals surface area contributed by atoms with Crippen molar-refractivity contribution in [1.29, 1.82) is 0 Å². The molecule has 0 saturated carbocycles. The van der Waals surface area contributed by atoms with E-state index in [1.165, 1.54) is 103 Å². The molecule has 0 aromatic rings. The lowest BCUT2D eigenvalue weighted by Gasteiger charge is -2.21. The third-order valence-electron chi connectivity index (χ3n) is 16.1. The third kappa shape index (κ3) is 64.4. The van der Waals surface area contributed by atoms with Crippen molar-refractivity contribution < 1.29 is 80.2 Å². The van der Waals surface area contributed by atoms with E-state index in [0.29, 0.717) is 25.7 Å². The van der Waals surface area contributed by atoms with E-state index in [-0.39, 0.29) is 25.7 Å². The summed E-state index contributed by atoms with van der Waals surface area (Å²) in [6, 6.07) is 0. The van der Waals surface area contributed by atoms with Gasteiger partial charge in [0.15, 0.2) is 12.2 Å². The van der Waals surface area contributed by atoms with Gasteiger partial charge in [-0.25, -0.2) is 9.13 Å². The summed E-state index contributed by atoms with van der Waals surface area (Å²) in [5.41, 5.74) is 0. The molecular formula is C73H134O17P2. The first-order chi connectivity index (χ1) is 44.4. The van der Waals surface area contributed by atoms with Crippen LogP contribution in [-0.4, -0.2) is 96.7 Å². The van der Waals surface area contributed by atoms with E-state index in [0.717, 1.165) is 140 Å². The van der Waals surface area contributed by atoms with Crippen LogP contribution in [0.25, 0.3) is 0 Å². The average Bonchev–Trinajstić information content (AvgIpc) is 3.24. The molecule has 0 saturated heterocycles. The summed E-state index contributed by atoms with van der Waals surface area (Å²) in [4.78, 5) is 72.6. The molecule has 0 aromatic carbocycles. The van der Waals surface area contributed by atoms with Crippen LogP contribution < -0.4 is 0 Å². The fourth-order valence-electron chi connectivity index (χ4n) is 10.0. The van der Waals surface area contributed by atoms with Gasteiger partial charge in [-0.2, -0.15) is 0 Å². The second kappa shape index (κ2) is 64.0. The van der Waals surface area contributed by atoms with Crippen LogP contribution in [0.3, 0.4) is 0 Å². The molecule has 0 amide bonds. The number of hydrogen-bond acceptors (Lipinski definition) is 15. The van der Waals surface area contributed by atoms with Crippen LogP contribution in [-0.2, 0) is 65.4 Å². The zero-order valence-corrected chi connectivity index (χ0v) is 60.6. The summed E-state index contributed by atoms with van der Waals surface area (Å²) in [5.74, 6) is -0.723. The molecule has 0 heterocycles. The predicted molar refractivity (Wildman–Crippen MR) is 372 cm³/mol. The molecule has 0 fully saturated rings. The van der Waals surface area contributed by atoms with E-state index in [4.69, 9.17) is 37.0 Å². The predicted octanol–water partition coefficient (Wildman–Crippen LogP) is 20.3. The van der Waals surface area contributed by atoms with Crippen LogP contribution in [0.1, 0.15) is 324 Å². The topological polar surface area (TPSA) is 237 Å². The largest absolute Gasteiger partial charge is 0.472 e. The van der Waals surface area contributed by atoms with Crippen LogP contribution in [0.15, 0.2) is 48.6 Å². The molecule has 6 atom stereocenters. The molecule has 0 radical (unpaired) electrons. The smallest absolute Gasteiger partial charge is 0.462 e. The minimum absolute atomic E-state index is 0.0778. The maximum Gasteiger partial charge on any atom is 0.472 e. The first-order valence-corrected chi connectivity index (χ1v) is 39.7. The van der Waals surface area contributed by atoms with Gasteiger partial charge in [0.2, 0.25) is 0 Å².